The van der Waals surface area contributed by atoms with E-state index in [0.29, 0.717) is 29.2 Å². The highest BCUT2D eigenvalue weighted by Crippen LogP contribution is 2.29. The van der Waals surface area contributed by atoms with Crippen LogP contribution >= 0.6 is 11.6 Å². The first-order valence-corrected chi connectivity index (χ1v) is 16.9. The van der Waals surface area contributed by atoms with E-state index in [-0.39, 0.29) is 29.7 Å². The zero-order chi connectivity index (χ0) is 32.4. The molecule has 0 aliphatic carbocycles. The first-order chi connectivity index (χ1) is 21.6. The Morgan fingerprint density at radius 3 is 2.00 bits per heavy atom. The molecule has 4 rings (SSSR count). The Morgan fingerprint density at radius 2 is 1.38 bits per heavy atom. The Hall–Kier alpha value is -4.14. The van der Waals surface area contributed by atoms with Crippen LogP contribution in [-0.2, 0) is 39.0 Å². The van der Waals surface area contributed by atoms with Crippen LogP contribution in [0.2, 0.25) is 5.02 Å². The average molecular weight is 646 g/mol. The van der Waals surface area contributed by atoms with E-state index in [1.54, 1.807) is 48.5 Å². The molecule has 236 valence electrons. The lowest BCUT2D eigenvalue weighted by Crippen LogP contribution is -2.53. The molecule has 1 N–H and O–H groups in total. The summed E-state index contributed by atoms with van der Waals surface area (Å²) < 4.78 is 29.6. The molecule has 0 aromatic heterocycles. The number of sulfonamides is 1. The Balaban J connectivity index is 1.83. The predicted octanol–water partition coefficient (Wildman–Crippen LogP) is 6.51. The highest BCUT2D eigenvalue weighted by atomic mass is 35.5. The molecule has 2 amide bonds. The molecule has 0 radical (unpaired) electrons. The van der Waals surface area contributed by atoms with Crippen molar-refractivity contribution in [3.05, 3.63) is 131 Å². The molecule has 4 aromatic rings. The summed E-state index contributed by atoms with van der Waals surface area (Å²) >= 11 is 6.57. The Morgan fingerprint density at radius 1 is 0.800 bits per heavy atom. The number of carbonyl (C=O) groups excluding carboxylic acids is 2. The largest absolute Gasteiger partial charge is 0.354 e. The van der Waals surface area contributed by atoms with Crippen LogP contribution in [0, 0.1) is 5.92 Å². The maximum Gasteiger partial charge on any atom is 0.264 e. The van der Waals surface area contributed by atoms with Gasteiger partial charge in [-0.1, -0.05) is 117 Å². The van der Waals surface area contributed by atoms with E-state index in [0.717, 1.165) is 15.4 Å². The first-order valence-electron chi connectivity index (χ1n) is 15.1. The van der Waals surface area contributed by atoms with Crippen LogP contribution in [0.5, 0.6) is 0 Å². The van der Waals surface area contributed by atoms with E-state index in [2.05, 4.69) is 5.32 Å². The average Bonchev–Trinajstić information content (AvgIpc) is 3.05. The number of hydrogen-bond acceptors (Lipinski definition) is 4. The van der Waals surface area contributed by atoms with E-state index in [1.165, 1.54) is 17.0 Å². The molecule has 0 spiro atoms. The second-order valence-corrected chi connectivity index (χ2v) is 13.5. The molecule has 7 nitrogen and oxygen atoms in total. The quantitative estimate of drug-likeness (QED) is 0.169. The van der Waals surface area contributed by atoms with Crippen molar-refractivity contribution in [1.82, 2.24) is 10.2 Å². The van der Waals surface area contributed by atoms with E-state index < -0.39 is 28.5 Å². The van der Waals surface area contributed by atoms with Crippen LogP contribution in [0.1, 0.15) is 37.5 Å². The number of halogens is 1. The highest BCUT2D eigenvalue weighted by Gasteiger charge is 2.35. The summed E-state index contributed by atoms with van der Waals surface area (Å²) in [6.07, 6.45) is 0.792. The predicted molar refractivity (Wildman–Crippen MR) is 181 cm³/mol. The Labute approximate surface area is 271 Å². The molecule has 0 saturated carbocycles. The summed E-state index contributed by atoms with van der Waals surface area (Å²) in [4.78, 5) is 30.0. The van der Waals surface area contributed by atoms with Crippen molar-refractivity contribution in [3.8, 4) is 0 Å². The number of rotatable bonds is 14. The van der Waals surface area contributed by atoms with E-state index in [4.69, 9.17) is 11.6 Å². The van der Waals surface area contributed by atoms with E-state index in [1.807, 2.05) is 69.3 Å². The van der Waals surface area contributed by atoms with Crippen molar-refractivity contribution in [2.75, 3.05) is 17.4 Å². The minimum Gasteiger partial charge on any atom is -0.354 e. The summed E-state index contributed by atoms with van der Waals surface area (Å²) in [5.41, 5.74) is 2.70. The van der Waals surface area contributed by atoms with Crippen molar-refractivity contribution in [2.24, 2.45) is 5.92 Å². The van der Waals surface area contributed by atoms with Gasteiger partial charge in [0.25, 0.3) is 10.0 Å². The Bertz CT molecular complexity index is 1680. The molecule has 1 atom stereocenters. The zero-order valence-electron chi connectivity index (χ0n) is 25.9. The van der Waals surface area contributed by atoms with Gasteiger partial charge in [0.05, 0.1) is 10.6 Å². The molecule has 0 heterocycles. The van der Waals surface area contributed by atoms with Gasteiger partial charge < -0.3 is 10.2 Å². The maximum atomic E-state index is 14.6. The molecule has 9 heteroatoms. The van der Waals surface area contributed by atoms with Gasteiger partial charge in [-0.25, -0.2) is 8.42 Å². The van der Waals surface area contributed by atoms with Gasteiger partial charge in [-0.2, -0.15) is 0 Å². The summed E-state index contributed by atoms with van der Waals surface area (Å²) in [5, 5.41) is 3.45. The summed E-state index contributed by atoms with van der Waals surface area (Å²) in [7, 11) is -4.16. The molecule has 45 heavy (non-hydrogen) atoms. The maximum absolute atomic E-state index is 14.6. The topological polar surface area (TPSA) is 86.8 Å². The van der Waals surface area contributed by atoms with E-state index in [9.17, 15) is 18.0 Å². The molecule has 4 aromatic carbocycles. The number of nitrogens with one attached hydrogen (secondary N) is 1. The number of benzene rings is 4. The first kappa shape index (κ1) is 33.7. The van der Waals surface area contributed by atoms with Crippen LogP contribution in [0.15, 0.2) is 114 Å². The fourth-order valence-electron chi connectivity index (χ4n) is 5.07. The number of hydrogen-bond donors (Lipinski definition) is 1. The number of anilines is 1. The Kier molecular flexibility index (Phi) is 11.8. The van der Waals surface area contributed by atoms with Gasteiger partial charge in [0.15, 0.2) is 0 Å². The monoisotopic (exact) mass is 645 g/mol. The fraction of sp³-hybridized carbons (Fsp3) is 0.278. The van der Waals surface area contributed by atoms with Crippen molar-refractivity contribution in [2.45, 2.75) is 51.1 Å². The summed E-state index contributed by atoms with van der Waals surface area (Å²) in [6.45, 7) is 5.86. The fourth-order valence-corrected chi connectivity index (χ4v) is 6.74. The van der Waals surface area contributed by atoms with Crippen LogP contribution in [0.4, 0.5) is 5.69 Å². The van der Waals surface area contributed by atoms with E-state index >= 15 is 0 Å². The smallest absolute Gasteiger partial charge is 0.264 e. The van der Waals surface area contributed by atoms with Crippen molar-refractivity contribution in [1.29, 1.82) is 0 Å². The minimum atomic E-state index is -4.16. The summed E-state index contributed by atoms with van der Waals surface area (Å²) in [6, 6.07) is 30.9. The number of carbonyl (C=O) groups is 2. The lowest BCUT2D eigenvalue weighted by atomic mass is 10.0. The molecular formula is C36H40ClN3O4S. The molecule has 0 unspecified atom stereocenters. The normalized spacial score (nSPS) is 12.0. The summed E-state index contributed by atoms with van der Waals surface area (Å²) in [5.74, 6) is -0.656. The second-order valence-electron chi connectivity index (χ2n) is 11.3. The third kappa shape index (κ3) is 8.74. The van der Waals surface area contributed by atoms with Gasteiger partial charge in [-0.15, -0.1) is 0 Å². The van der Waals surface area contributed by atoms with Gasteiger partial charge in [0.2, 0.25) is 11.8 Å². The molecule has 0 saturated heterocycles. The molecular weight excluding hydrogens is 606 g/mol. The number of aryl methyl sites for hydroxylation is 1. The van der Waals surface area contributed by atoms with Crippen molar-refractivity contribution < 1.29 is 18.0 Å². The standard InChI is InChI=1S/C36H40ClN3O4S/c1-4-29-17-12-14-22-33(29)40(45(43,44)31-19-9-6-10-20-31)26-35(41)39(25-30-18-11-13-21-32(30)37)34(36(42)38-24-27(2)3)23-28-15-7-5-8-16-28/h5-22,27,34H,4,23-26H2,1-3H3,(H,38,42)/t34-/m1/s1. The van der Waals surface area contributed by atoms with Crippen LogP contribution in [0.3, 0.4) is 0 Å². The third-order valence-electron chi connectivity index (χ3n) is 7.51. The third-order valence-corrected chi connectivity index (χ3v) is 9.65. The molecule has 0 fully saturated rings. The van der Waals surface area contributed by atoms with Crippen LogP contribution in [-0.4, -0.2) is 44.3 Å². The lowest BCUT2D eigenvalue weighted by Gasteiger charge is -2.34. The minimum absolute atomic E-state index is 0.0136. The van der Waals surface area contributed by atoms with Gasteiger partial charge in [0, 0.05) is 24.5 Å². The highest BCUT2D eigenvalue weighted by molar-refractivity contribution is 7.92. The van der Waals surface area contributed by atoms with Gasteiger partial charge in [-0.05, 0) is 53.3 Å². The van der Waals surface area contributed by atoms with Crippen LogP contribution in [0.25, 0.3) is 0 Å². The molecule has 0 aliphatic rings. The zero-order valence-corrected chi connectivity index (χ0v) is 27.5. The van der Waals surface area contributed by atoms with Crippen LogP contribution < -0.4 is 9.62 Å². The lowest BCUT2D eigenvalue weighted by molar-refractivity contribution is -0.140. The van der Waals surface area contributed by atoms with Crippen molar-refractivity contribution >= 4 is 39.1 Å². The SMILES string of the molecule is CCc1ccccc1N(CC(=O)N(Cc1ccccc1Cl)[C@H](Cc1ccccc1)C(=O)NCC(C)C)S(=O)(=O)c1ccccc1. The van der Waals surface area contributed by atoms with Crippen molar-refractivity contribution in [3.63, 3.8) is 0 Å². The number of amides is 2. The molecule has 0 aliphatic heterocycles. The van der Waals surface area contributed by atoms with Gasteiger partial charge in [-0.3, -0.25) is 13.9 Å². The number of nitrogens with zero attached hydrogens (tertiary/aromatic N) is 2. The molecule has 0 bridgehead atoms. The van der Waals surface area contributed by atoms with Gasteiger partial charge in [0.1, 0.15) is 12.6 Å². The second kappa shape index (κ2) is 15.7. The number of para-hydroxylation sites is 1. The van der Waals surface area contributed by atoms with Gasteiger partial charge >= 0.3 is 0 Å².